The molecule has 0 aromatic carbocycles. The van der Waals surface area contributed by atoms with Gasteiger partial charge in [-0.15, -0.1) is 20.2 Å². The summed E-state index contributed by atoms with van der Waals surface area (Å²) in [6, 6.07) is 1.75. The molecule has 0 spiro atoms. The number of thioether (sulfide) groups is 1. The molecule has 20 nitrogen and oxygen atoms in total. The first-order valence-electron chi connectivity index (χ1n) is 10.4. The van der Waals surface area contributed by atoms with Gasteiger partial charge in [0.25, 0.3) is 10.2 Å². The Kier molecular flexibility index (Phi) is 16.1. The summed E-state index contributed by atoms with van der Waals surface area (Å²) in [6.07, 6.45) is 1.13. The molecule has 1 N–H and O–H groups in total. The van der Waals surface area contributed by atoms with E-state index in [1.165, 1.54) is 6.92 Å². The van der Waals surface area contributed by atoms with E-state index in [2.05, 4.69) is 17.9 Å². The average Bonchev–Trinajstić information content (AvgIpc) is 3.57. The number of ether oxygens (including phenoxy) is 4. The molecule has 4 aliphatic heterocycles. The molecule has 4 heterocycles. The summed E-state index contributed by atoms with van der Waals surface area (Å²) in [5.74, 6) is 0. The first-order chi connectivity index (χ1) is 18.3. The van der Waals surface area contributed by atoms with E-state index in [0.29, 0.717) is 13.2 Å². The largest absolute Gasteiger partial charge is 0.426 e. The fraction of sp³-hybridized carbons (Fsp3) is 0.938. The third kappa shape index (κ3) is 12.0. The van der Waals surface area contributed by atoms with E-state index in [9.17, 15) is 34.7 Å². The predicted octanol–water partition coefficient (Wildman–Crippen LogP) is -6.47. The lowest BCUT2D eigenvalue weighted by Crippen LogP contribution is -4.24. The van der Waals surface area contributed by atoms with E-state index < -0.39 is 59.4 Å². The molecule has 0 aromatic rings. The van der Waals surface area contributed by atoms with Crippen LogP contribution in [0.1, 0.15) is 9.78 Å². The number of hydrogen-bond acceptors (Lipinski definition) is 19. The summed E-state index contributed by atoms with van der Waals surface area (Å²) in [5, 5.41) is 35.7. The Morgan fingerprint density at radius 3 is 1.79 bits per heavy atom. The lowest BCUT2D eigenvalue weighted by atomic mass is 10.1. The van der Waals surface area contributed by atoms with Crippen molar-refractivity contribution in [1.29, 1.82) is 5.26 Å². The third-order valence-corrected chi connectivity index (χ3v) is 8.07. The number of hydrogen-bond donors (Lipinski definition) is 1. The van der Waals surface area contributed by atoms with Gasteiger partial charge in [-0.2, -0.15) is 17.0 Å². The Labute approximate surface area is 236 Å². The Morgan fingerprint density at radius 1 is 0.974 bits per heavy atom. The summed E-state index contributed by atoms with van der Waals surface area (Å²) >= 11 is -4.08. The van der Waals surface area contributed by atoms with Crippen molar-refractivity contribution in [1.82, 2.24) is 0 Å². The van der Waals surface area contributed by atoms with Gasteiger partial charge in [-0.25, -0.2) is 5.26 Å². The molecule has 23 heteroatoms. The van der Waals surface area contributed by atoms with Crippen LogP contribution in [0.2, 0.25) is 0 Å². The van der Waals surface area contributed by atoms with E-state index in [-0.39, 0.29) is 44.9 Å². The van der Waals surface area contributed by atoms with E-state index >= 15 is 0 Å². The number of rotatable bonds is 8. The molecule has 4 aliphatic rings. The fourth-order valence-electron chi connectivity index (χ4n) is 3.78. The fourth-order valence-corrected chi connectivity index (χ4v) is 5.58. The molecular formula is C16H30IN3O17S2. The molecule has 9 atom stereocenters. The van der Waals surface area contributed by atoms with Crippen LogP contribution >= 0.6 is 11.8 Å². The van der Waals surface area contributed by atoms with Gasteiger partial charge in [0, 0.05) is 31.9 Å². The van der Waals surface area contributed by atoms with Gasteiger partial charge in [-0.3, -0.25) is 14.5 Å². The van der Waals surface area contributed by atoms with Gasteiger partial charge in [0.2, 0.25) is 3.22 Å². The van der Waals surface area contributed by atoms with Crippen LogP contribution in [-0.4, -0.2) is 106 Å². The molecule has 0 aliphatic carbocycles. The van der Waals surface area contributed by atoms with Gasteiger partial charge in [0.1, 0.15) is 24.4 Å². The van der Waals surface area contributed by atoms with Gasteiger partial charge in [-0.1, -0.05) is 0 Å². The van der Waals surface area contributed by atoms with Crippen LogP contribution in [0.4, 0.5) is 0 Å². The molecule has 4 saturated heterocycles. The van der Waals surface area contributed by atoms with Gasteiger partial charge in [-0.05, 0) is 6.26 Å². The molecule has 0 radical (unpaired) electrons. The van der Waals surface area contributed by atoms with E-state index in [4.69, 9.17) is 29.5 Å². The first kappa shape index (κ1) is 35.7. The monoisotopic (exact) mass is 727 g/mol. The average molecular weight is 727 g/mol. The van der Waals surface area contributed by atoms with Crippen LogP contribution in [0, 0.1) is 31.6 Å². The van der Waals surface area contributed by atoms with Crippen molar-refractivity contribution < 1.29 is 89.8 Å². The van der Waals surface area contributed by atoms with Gasteiger partial charge in [0.05, 0.1) is 43.0 Å². The highest BCUT2D eigenvalue weighted by molar-refractivity contribution is 7.99. The third-order valence-electron chi connectivity index (χ3n) is 5.20. The van der Waals surface area contributed by atoms with Crippen molar-refractivity contribution in [2.75, 3.05) is 38.9 Å². The highest BCUT2D eigenvalue weighted by Crippen LogP contribution is 2.34. The molecule has 4 rings (SSSR count). The summed E-state index contributed by atoms with van der Waals surface area (Å²) in [6.45, 7) is 2.67. The van der Waals surface area contributed by atoms with E-state index in [1.807, 2.05) is 6.26 Å². The summed E-state index contributed by atoms with van der Waals surface area (Å²) in [4.78, 5) is 29.2. The molecule has 230 valence electrons. The standard InChI is InChI=1S/C7H11NO6S.C7H11NO5S.C2H3N.HIO6.2H2/c1-15(11)5-3-13-6-4(14-8(9)10)2-12-7(5)6;1-14-5-3-12-6-4(13-8(9)10)2-11-7(5)6;1-2-3;2-1(3,4)6-7-5;;/h4-7H,2-3H2,1H3;4-7H,2-3H2,1H3;1H3;5H;2*1H/t4-,5+,6-,7-,15-;4-,5+,6-,7-;;;;/m11..../s1. The minimum atomic E-state index is -5.74. The maximum atomic E-state index is 11.3. The molecule has 0 unspecified atom stereocenters. The van der Waals surface area contributed by atoms with Crippen LogP contribution in [0.5, 0.6) is 0 Å². The molecule has 4 fully saturated rings. The SMILES string of the molecule is CC#N.CS[C@H]1CO[C@H]2[C@@H]1OC[C@H]2O[N+](=O)[O-].C[S@@](=O)[C@H]1CO[C@H]2[C@@H]1OC[C@H]2O[N+](=O)[O-].[HH].[HH].[O-][I+3]([O-])([O-])OOO. The summed E-state index contributed by atoms with van der Waals surface area (Å²) in [5.41, 5.74) is 0. The van der Waals surface area contributed by atoms with Crippen LogP contribution < -0.4 is 30.4 Å². The quantitative estimate of drug-likeness (QED) is 0.105. The van der Waals surface area contributed by atoms with Crippen molar-refractivity contribution in [3.05, 3.63) is 20.2 Å². The molecule has 0 saturated carbocycles. The van der Waals surface area contributed by atoms with Crippen molar-refractivity contribution in [3.8, 4) is 6.07 Å². The molecular weight excluding hydrogens is 697 g/mol. The second-order valence-corrected chi connectivity index (χ2v) is 12.7. The minimum absolute atomic E-state index is 0. The Bertz CT molecular complexity index is 859. The van der Waals surface area contributed by atoms with Crippen LogP contribution in [-0.2, 0) is 47.7 Å². The highest BCUT2D eigenvalue weighted by Gasteiger charge is 2.51. The first-order valence-corrected chi connectivity index (χ1v) is 16.9. The van der Waals surface area contributed by atoms with Gasteiger partial charge in [0.15, 0.2) is 12.2 Å². The maximum absolute atomic E-state index is 11.3. The number of fused-ring (bicyclic) bond motifs is 2. The van der Waals surface area contributed by atoms with Crippen molar-refractivity contribution in [2.45, 2.75) is 54.0 Å². The minimum Gasteiger partial charge on any atom is -0.372 e. The zero-order valence-electron chi connectivity index (χ0n) is 20.5. The lowest BCUT2D eigenvalue weighted by Gasteiger charge is -2.13. The van der Waals surface area contributed by atoms with Gasteiger partial charge >= 0.3 is 20.1 Å². The number of nitriles is 1. The van der Waals surface area contributed by atoms with Crippen molar-refractivity contribution in [3.63, 3.8) is 0 Å². The predicted molar refractivity (Wildman–Crippen MR) is 118 cm³/mol. The smallest absolute Gasteiger partial charge is 0.372 e. The number of halogens is 1. The molecule has 0 amide bonds. The molecule has 39 heavy (non-hydrogen) atoms. The Hall–Kier alpha value is -1.28. The second-order valence-electron chi connectivity index (χ2n) is 7.48. The van der Waals surface area contributed by atoms with Crippen molar-refractivity contribution in [2.24, 2.45) is 0 Å². The zero-order valence-corrected chi connectivity index (χ0v) is 24.3. The second kappa shape index (κ2) is 17.5. The Balaban J connectivity index is 0. The van der Waals surface area contributed by atoms with E-state index in [1.54, 1.807) is 24.1 Å². The molecule has 0 aromatic heterocycles. The zero-order chi connectivity index (χ0) is 29.8. The molecule has 0 bridgehead atoms. The summed E-state index contributed by atoms with van der Waals surface area (Å²) in [7, 11) is -1.05. The normalized spacial score (nSPS) is 32.9. The summed E-state index contributed by atoms with van der Waals surface area (Å²) < 4.78 is 63.4. The maximum Gasteiger partial charge on any atom is 0.426 e. The van der Waals surface area contributed by atoms with Crippen LogP contribution in [0.25, 0.3) is 0 Å². The highest BCUT2D eigenvalue weighted by atomic mass is 127. The van der Waals surface area contributed by atoms with Crippen molar-refractivity contribution >= 4 is 22.6 Å². The lowest BCUT2D eigenvalue weighted by molar-refractivity contribution is -1.93. The number of nitrogens with zero attached hydrogens (tertiary/aromatic N) is 3. The van der Waals surface area contributed by atoms with Crippen LogP contribution in [0.3, 0.4) is 0 Å². The Morgan fingerprint density at radius 2 is 1.41 bits per heavy atom. The van der Waals surface area contributed by atoms with E-state index in [0.717, 1.165) is 0 Å². The topological polar surface area (TPSA) is 290 Å². The van der Waals surface area contributed by atoms with Gasteiger partial charge < -0.3 is 28.6 Å². The van der Waals surface area contributed by atoms with Crippen LogP contribution in [0.15, 0.2) is 0 Å².